The summed E-state index contributed by atoms with van der Waals surface area (Å²) >= 11 is 0. The van der Waals surface area contributed by atoms with Crippen molar-refractivity contribution in [1.82, 2.24) is 19.9 Å². The second-order valence-electron chi connectivity index (χ2n) is 6.95. The van der Waals surface area contributed by atoms with Crippen molar-refractivity contribution in [2.75, 3.05) is 19.3 Å². The molecule has 1 amide bonds. The number of amides is 1. The van der Waals surface area contributed by atoms with Crippen LogP contribution in [0.1, 0.15) is 17.5 Å². The van der Waals surface area contributed by atoms with Crippen molar-refractivity contribution >= 4 is 22.8 Å². The maximum atomic E-state index is 12.1. The van der Waals surface area contributed by atoms with Crippen molar-refractivity contribution in [3.05, 3.63) is 47.8 Å². The third-order valence-electron chi connectivity index (χ3n) is 4.89. The van der Waals surface area contributed by atoms with Crippen molar-refractivity contribution in [3.8, 4) is 23.1 Å². The Balaban J connectivity index is 1.73. The fraction of sp³-hybridized carbons (Fsp3) is 0.238. The molecule has 1 aliphatic rings. The zero-order valence-corrected chi connectivity index (χ0v) is 15.6. The highest BCUT2D eigenvalue weighted by Crippen LogP contribution is 2.26. The van der Waals surface area contributed by atoms with Crippen LogP contribution >= 0.6 is 0 Å². The number of aromatic nitrogens is 3. The van der Waals surface area contributed by atoms with Gasteiger partial charge in [-0.2, -0.15) is 0 Å². The molecule has 3 aromatic rings. The molecular formula is C21H19N5O2. The fourth-order valence-electron chi connectivity index (χ4n) is 3.27. The molecule has 1 aliphatic heterocycles. The molecule has 2 aromatic heterocycles. The number of benzene rings is 1. The van der Waals surface area contributed by atoms with E-state index in [1.165, 1.54) is 11.2 Å². The van der Waals surface area contributed by atoms with Gasteiger partial charge < -0.3 is 15.7 Å². The van der Waals surface area contributed by atoms with Crippen LogP contribution in [0.25, 0.3) is 22.3 Å². The van der Waals surface area contributed by atoms with Gasteiger partial charge in [-0.25, -0.2) is 15.0 Å². The number of likely N-dealkylation sites (tertiary alicyclic amines) is 1. The molecule has 1 saturated heterocycles. The summed E-state index contributed by atoms with van der Waals surface area (Å²) in [4.78, 5) is 26.4. The zero-order chi connectivity index (χ0) is 19.9. The molecule has 0 aliphatic carbocycles. The fourth-order valence-corrected chi connectivity index (χ4v) is 3.27. The van der Waals surface area contributed by atoms with Gasteiger partial charge in [0.15, 0.2) is 5.82 Å². The zero-order valence-electron chi connectivity index (χ0n) is 15.6. The van der Waals surface area contributed by atoms with Gasteiger partial charge in [-0.3, -0.25) is 4.79 Å². The Hall–Kier alpha value is -3.50. The third kappa shape index (κ3) is 3.04. The van der Waals surface area contributed by atoms with Crippen LogP contribution in [0.15, 0.2) is 36.7 Å². The van der Waals surface area contributed by atoms with Crippen LogP contribution in [0, 0.1) is 18.8 Å². The minimum absolute atomic E-state index is 0.305. The average molecular weight is 373 g/mol. The van der Waals surface area contributed by atoms with Crippen LogP contribution in [0.5, 0.6) is 0 Å². The molecule has 1 aromatic carbocycles. The van der Waals surface area contributed by atoms with E-state index in [4.69, 9.17) is 5.73 Å². The van der Waals surface area contributed by atoms with Crippen molar-refractivity contribution in [1.29, 1.82) is 0 Å². The number of carbonyl (C=O) groups excluding carboxylic acids is 1. The first kappa shape index (κ1) is 17.9. The topological polar surface area (TPSA) is 105 Å². The average Bonchev–Trinajstić information content (AvgIpc) is 2.95. The molecule has 3 N–H and O–H groups in total. The summed E-state index contributed by atoms with van der Waals surface area (Å²) in [6.07, 6.45) is 1.73. The van der Waals surface area contributed by atoms with Crippen molar-refractivity contribution in [2.24, 2.45) is 0 Å². The van der Waals surface area contributed by atoms with E-state index < -0.39 is 5.60 Å². The molecule has 7 nitrogen and oxygen atoms in total. The minimum atomic E-state index is -1.62. The Labute approximate surface area is 162 Å². The molecular weight excluding hydrogens is 354 g/mol. The number of nitrogens with two attached hydrogens (primary N) is 1. The first-order chi connectivity index (χ1) is 13.4. The van der Waals surface area contributed by atoms with Crippen molar-refractivity contribution in [2.45, 2.75) is 18.9 Å². The molecule has 4 rings (SSSR count). The van der Waals surface area contributed by atoms with Gasteiger partial charge in [0.1, 0.15) is 11.8 Å². The first-order valence-corrected chi connectivity index (χ1v) is 8.87. The van der Waals surface area contributed by atoms with Crippen LogP contribution in [0.2, 0.25) is 0 Å². The first-order valence-electron chi connectivity index (χ1n) is 8.87. The van der Waals surface area contributed by atoms with Gasteiger partial charge in [-0.1, -0.05) is 24.0 Å². The number of nitrogen functional groups attached to an aromatic ring is 1. The number of aryl methyl sites for hydroxylation is 1. The van der Waals surface area contributed by atoms with Gasteiger partial charge in [0, 0.05) is 31.1 Å². The molecule has 0 spiro atoms. The van der Waals surface area contributed by atoms with Gasteiger partial charge in [0.25, 0.3) is 5.91 Å². The molecule has 28 heavy (non-hydrogen) atoms. The number of aliphatic hydroxyl groups is 1. The van der Waals surface area contributed by atoms with Crippen molar-refractivity contribution < 1.29 is 9.90 Å². The van der Waals surface area contributed by atoms with Crippen LogP contribution in [-0.4, -0.2) is 50.1 Å². The number of nitrogens with zero attached hydrogens (tertiary/aromatic N) is 4. The Morgan fingerprint density at radius 1 is 1.25 bits per heavy atom. The summed E-state index contributed by atoms with van der Waals surface area (Å²) in [6.45, 7) is 2.44. The number of hydrogen-bond acceptors (Lipinski definition) is 6. The number of fused-ring (bicyclic) bond motifs is 1. The van der Waals surface area contributed by atoms with E-state index >= 15 is 0 Å². The van der Waals surface area contributed by atoms with E-state index in [0.29, 0.717) is 29.9 Å². The molecule has 0 radical (unpaired) electrons. The largest absolute Gasteiger partial charge is 0.382 e. The smallest absolute Gasteiger partial charge is 0.267 e. The van der Waals surface area contributed by atoms with E-state index in [9.17, 15) is 9.90 Å². The molecule has 3 heterocycles. The van der Waals surface area contributed by atoms with Gasteiger partial charge in [0.2, 0.25) is 5.60 Å². The van der Waals surface area contributed by atoms with Gasteiger partial charge in [-0.05, 0) is 30.7 Å². The number of rotatable bonds is 1. The van der Waals surface area contributed by atoms with Crippen molar-refractivity contribution in [3.63, 3.8) is 0 Å². The number of anilines is 1. The van der Waals surface area contributed by atoms with Crippen LogP contribution < -0.4 is 5.73 Å². The molecule has 0 bridgehead atoms. The number of likely N-dealkylation sites (N-methyl/N-ethyl adjacent to an activating group) is 1. The Morgan fingerprint density at radius 3 is 2.82 bits per heavy atom. The van der Waals surface area contributed by atoms with E-state index in [-0.39, 0.29) is 5.91 Å². The van der Waals surface area contributed by atoms with E-state index in [1.807, 2.05) is 37.3 Å². The predicted molar refractivity (Wildman–Crippen MR) is 106 cm³/mol. The summed E-state index contributed by atoms with van der Waals surface area (Å²) in [7, 11) is 1.66. The standard InChI is InChI=1S/C21H19N5O2/c1-13-10-16(25-18-17(13)23-12-24-19(18)22)15-5-3-4-14(11-15)6-7-21(28)8-9-26(2)20(21)27/h3-5,10-12,28H,8-9H2,1-2H3,(H2,22,23,24). The second-order valence-corrected chi connectivity index (χ2v) is 6.95. The van der Waals surface area contributed by atoms with Crippen LogP contribution in [0.3, 0.4) is 0 Å². The SMILES string of the molecule is Cc1cc(-c2cccc(C#CC3(O)CCN(C)C3=O)c2)nc2c(N)ncnc12. The summed E-state index contributed by atoms with van der Waals surface area (Å²) in [5.41, 5.74) is 8.83. The molecule has 1 atom stereocenters. The lowest BCUT2D eigenvalue weighted by Crippen LogP contribution is -2.37. The van der Waals surface area contributed by atoms with Gasteiger partial charge in [0.05, 0.1) is 11.2 Å². The summed E-state index contributed by atoms with van der Waals surface area (Å²) < 4.78 is 0. The predicted octanol–water partition coefficient (Wildman–Crippen LogP) is 1.53. The molecule has 140 valence electrons. The van der Waals surface area contributed by atoms with Crippen LogP contribution in [0.4, 0.5) is 5.82 Å². The van der Waals surface area contributed by atoms with E-state index in [1.54, 1.807) is 7.05 Å². The lowest BCUT2D eigenvalue weighted by atomic mass is 10.0. The normalized spacial score (nSPS) is 19.0. The lowest BCUT2D eigenvalue weighted by Gasteiger charge is -2.13. The number of carbonyl (C=O) groups is 1. The van der Waals surface area contributed by atoms with Gasteiger partial charge >= 0.3 is 0 Å². The summed E-state index contributed by atoms with van der Waals surface area (Å²) in [5, 5.41) is 10.5. The Kier molecular flexibility index (Phi) is 4.21. The highest BCUT2D eigenvalue weighted by atomic mass is 16.3. The maximum absolute atomic E-state index is 12.1. The molecule has 7 heteroatoms. The molecule has 1 fully saturated rings. The highest BCUT2D eigenvalue weighted by molar-refractivity contribution is 5.91. The quantitative estimate of drug-likeness (QED) is 0.627. The summed E-state index contributed by atoms with van der Waals surface area (Å²) in [6, 6.07) is 9.41. The van der Waals surface area contributed by atoms with Crippen LogP contribution in [-0.2, 0) is 4.79 Å². The Morgan fingerprint density at radius 2 is 2.07 bits per heavy atom. The van der Waals surface area contributed by atoms with Gasteiger partial charge in [-0.15, -0.1) is 0 Å². The number of hydrogen-bond donors (Lipinski definition) is 2. The third-order valence-corrected chi connectivity index (χ3v) is 4.89. The molecule has 1 unspecified atom stereocenters. The Bertz CT molecular complexity index is 1160. The maximum Gasteiger partial charge on any atom is 0.267 e. The highest BCUT2D eigenvalue weighted by Gasteiger charge is 2.42. The van der Waals surface area contributed by atoms with E-state index in [0.717, 1.165) is 22.3 Å². The summed E-state index contributed by atoms with van der Waals surface area (Å²) in [5.74, 6) is 5.63. The minimum Gasteiger partial charge on any atom is -0.382 e. The molecule has 0 saturated carbocycles. The lowest BCUT2D eigenvalue weighted by molar-refractivity contribution is -0.137. The van der Waals surface area contributed by atoms with E-state index in [2.05, 4.69) is 26.8 Å². The second kappa shape index (κ2) is 6.59. The monoisotopic (exact) mass is 373 g/mol. The number of pyridine rings is 1.